The van der Waals surface area contributed by atoms with E-state index in [0.29, 0.717) is 33.1 Å². The van der Waals surface area contributed by atoms with Crippen LogP contribution in [0.4, 0.5) is 13.2 Å². The van der Waals surface area contributed by atoms with E-state index in [1.807, 2.05) is 18.2 Å². The molecule has 6 rings (SSSR count). The lowest BCUT2D eigenvalue weighted by Gasteiger charge is -2.41. The molecule has 2 N–H and O–H groups in total. The molecule has 0 unspecified atom stereocenters. The van der Waals surface area contributed by atoms with Gasteiger partial charge in [-0.05, 0) is 47.9 Å². The molecular weight excluding hydrogens is 635 g/mol. The van der Waals surface area contributed by atoms with Crippen LogP contribution in [-0.4, -0.2) is 76.8 Å². The van der Waals surface area contributed by atoms with E-state index in [1.165, 1.54) is 21.1 Å². The number of morpholine rings is 1. The molecule has 48 heavy (non-hydrogen) atoms. The molecule has 11 nitrogen and oxygen atoms in total. The zero-order chi connectivity index (χ0) is 34.4. The normalized spacial score (nSPS) is 22.1. The van der Waals surface area contributed by atoms with Crippen molar-refractivity contribution < 1.29 is 42.0 Å². The van der Waals surface area contributed by atoms with Crippen LogP contribution >= 0.6 is 0 Å². The molecule has 3 aromatic carbocycles. The predicted octanol–water partition coefficient (Wildman–Crippen LogP) is 3.27. The number of aryl methyl sites for hydroxylation is 1. The van der Waals surface area contributed by atoms with Crippen molar-refractivity contribution in [2.75, 3.05) is 27.4 Å². The van der Waals surface area contributed by atoms with Gasteiger partial charge in [0.15, 0.2) is 6.23 Å². The first-order valence-corrected chi connectivity index (χ1v) is 14.9. The number of aliphatic hydroxyl groups is 1. The third-order valence-corrected chi connectivity index (χ3v) is 8.94. The Morgan fingerprint density at radius 1 is 0.938 bits per heavy atom. The standard InChI is InChI=1S/C34H32F3N3O8/c1-20-17-39(31(44)38-28(20)42)29-26-27(41)32(48-29,18-40(26)30(43)34(35,36)37)19-47-33(21-7-5-4-6-8-21,22-9-13-24(45-2)14-10-22)23-11-15-25(46-3)16-12-23/h4-17,26-27,29,41H,18-19H2,1-3H3,(H,38,42,44)/t26-,27+,29-,32-/m1/s1. The summed E-state index contributed by atoms with van der Waals surface area (Å²) in [6.07, 6.45) is -7.48. The molecule has 0 spiro atoms. The summed E-state index contributed by atoms with van der Waals surface area (Å²) < 4.78 is 66.4. The van der Waals surface area contributed by atoms with Crippen molar-refractivity contribution in [3.63, 3.8) is 0 Å². The fourth-order valence-electron chi connectivity index (χ4n) is 6.53. The molecule has 1 aromatic heterocycles. The lowest BCUT2D eigenvalue weighted by atomic mass is 9.79. The number of amides is 1. The van der Waals surface area contributed by atoms with E-state index >= 15 is 0 Å². The number of benzene rings is 3. The first kappa shape index (κ1) is 33.0. The number of halogens is 3. The van der Waals surface area contributed by atoms with Crippen LogP contribution in [0.1, 0.15) is 28.5 Å². The Kier molecular flexibility index (Phi) is 8.43. The van der Waals surface area contributed by atoms with Gasteiger partial charge >= 0.3 is 17.8 Å². The number of nitrogens with one attached hydrogen (secondary N) is 1. The highest BCUT2D eigenvalue weighted by atomic mass is 19.4. The Morgan fingerprint density at radius 2 is 1.48 bits per heavy atom. The number of ether oxygens (including phenoxy) is 4. The van der Waals surface area contributed by atoms with Crippen LogP contribution in [0.3, 0.4) is 0 Å². The number of rotatable bonds is 9. The molecule has 0 aliphatic carbocycles. The van der Waals surface area contributed by atoms with Gasteiger partial charge in [-0.3, -0.25) is 19.1 Å². The van der Waals surface area contributed by atoms with Gasteiger partial charge in [0.25, 0.3) is 5.56 Å². The Hall–Kier alpha value is -4.92. The average Bonchev–Trinajstić information content (AvgIpc) is 3.53. The largest absolute Gasteiger partial charge is 0.497 e. The summed E-state index contributed by atoms with van der Waals surface area (Å²) in [5, 5.41) is 11.7. The summed E-state index contributed by atoms with van der Waals surface area (Å²) in [5.41, 5.74) is -3.16. The van der Waals surface area contributed by atoms with Crippen LogP contribution in [0.15, 0.2) is 94.6 Å². The molecule has 3 heterocycles. The van der Waals surface area contributed by atoms with Gasteiger partial charge in [-0.25, -0.2) is 4.79 Å². The van der Waals surface area contributed by atoms with E-state index < -0.39 is 66.1 Å². The van der Waals surface area contributed by atoms with Crippen LogP contribution in [-0.2, 0) is 19.9 Å². The van der Waals surface area contributed by atoms with E-state index in [2.05, 4.69) is 4.98 Å². The highest BCUT2D eigenvalue weighted by molar-refractivity contribution is 5.83. The van der Waals surface area contributed by atoms with Crippen molar-refractivity contribution in [1.82, 2.24) is 14.5 Å². The van der Waals surface area contributed by atoms with Gasteiger partial charge in [-0.2, -0.15) is 13.2 Å². The minimum absolute atomic E-state index is 0.0663. The number of methoxy groups -OCH3 is 2. The van der Waals surface area contributed by atoms with E-state index in [9.17, 15) is 32.7 Å². The second-order valence-electron chi connectivity index (χ2n) is 11.7. The molecule has 14 heteroatoms. The van der Waals surface area contributed by atoms with Crippen molar-refractivity contribution >= 4 is 5.91 Å². The minimum Gasteiger partial charge on any atom is -0.497 e. The molecule has 2 fully saturated rings. The molecule has 2 bridgehead atoms. The van der Waals surface area contributed by atoms with Crippen LogP contribution in [0, 0.1) is 6.92 Å². The summed E-state index contributed by atoms with van der Waals surface area (Å²) in [7, 11) is 3.04. The van der Waals surface area contributed by atoms with E-state index in [4.69, 9.17) is 18.9 Å². The molecule has 4 atom stereocenters. The van der Waals surface area contributed by atoms with Crippen molar-refractivity contribution in [2.24, 2.45) is 0 Å². The molecule has 2 saturated heterocycles. The van der Waals surface area contributed by atoms with Gasteiger partial charge in [0.1, 0.15) is 34.8 Å². The zero-order valence-electron chi connectivity index (χ0n) is 26.1. The van der Waals surface area contributed by atoms with Crippen LogP contribution < -0.4 is 20.7 Å². The summed E-state index contributed by atoms with van der Waals surface area (Å²) in [4.78, 5) is 40.3. The van der Waals surface area contributed by atoms with Crippen LogP contribution in [0.25, 0.3) is 0 Å². The summed E-state index contributed by atoms with van der Waals surface area (Å²) in [5.74, 6) is -1.09. The smallest absolute Gasteiger partial charge is 0.471 e. The monoisotopic (exact) mass is 667 g/mol. The van der Waals surface area contributed by atoms with Crippen molar-refractivity contribution in [1.29, 1.82) is 0 Å². The molecular formula is C34H32F3N3O8. The summed E-state index contributed by atoms with van der Waals surface area (Å²) >= 11 is 0. The van der Waals surface area contributed by atoms with Gasteiger partial charge in [0.2, 0.25) is 0 Å². The fourth-order valence-corrected chi connectivity index (χ4v) is 6.53. The number of aromatic nitrogens is 2. The SMILES string of the molecule is COc1ccc(C(OC[C@@]23CN(C(=O)C(F)(F)F)[C@@H]([C@H](n4cc(C)c(=O)[nH]c4=O)O2)[C@@H]3O)(c2ccccc2)c2ccc(OC)cc2)cc1. The summed E-state index contributed by atoms with van der Waals surface area (Å²) in [6, 6.07) is 21.5. The number of aromatic amines is 1. The lowest BCUT2D eigenvalue weighted by molar-refractivity contribution is -0.207. The van der Waals surface area contributed by atoms with Crippen LogP contribution in [0.5, 0.6) is 11.5 Å². The maximum absolute atomic E-state index is 13.9. The molecule has 2 aliphatic rings. The fraction of sp³-hybridized carbons (Fsp3) is 0.324. The number of hydrogen-bond acceptors (Lipinski definition) is 8. The molecule has 252 valence electrons. The van der Waals surface area contributed by atoms with E-state index in [1.54, 1.807) is 60.7 Å². The van der Waals surface area contributed by atoms with Crippen molar-refractivity contribution in [3.05, 3.63) is 128 Å². The third kappa shape index (κ3) is 5.45. The number of fused-ring (bicyclic) bond motifs is 2. The van der Waals surface area contributed by atoms with Crippen molar-refractivity contribution in [3.8, 4) is 11.5 Å². The second-order valence-corrected chi connectivity index (χ2v) is 11.7. The van der Waals surface area contributed by atoms with Gasteiger partial charge in [0.05, 0.1) is 27.4 Å². The Labute approximate surface area is 272 Å². The average molecular weight is 668 g/mol. The van der Waals surface area contributed by atoms with E-state index in [-0.39, 0.29) is 5.56 Å². The summed E-state index contributed by atoms with van der Waals surface area (Å²) in [6.45, 7) is 0.168. The zero-order valence-corrected chi connectivity index (χ0v) is 26.1. The van der Waals surface area contributed by atoms with Gasteiger partial charge in [-0.1, -0.05) is 54.6 Å². The number of likely N-dealkylation sites (tertiary alicyclic amines) is 1. The number of alkyl halides is 3. The highest BCUT2D eigenvalue weighted by Crippen LogP contribution is 2.50. The first-order chi connectivity index (χ1) is 22.8. The number of H-pyrrole nitrogens is 1. The molecule has 0 radical (unpaired) electrons. The topological polar surface area (TPSA) is 132 Å². The van der Waals surface area contributed by atoms with Crippen LogP contribution in [0.2, 0.25) is 0 Å². The maximum Gasteiger partial charge on any atom is 0.471 e. The molecule has 4 aromatic rings. The van der Waals surface area contributed by atoms with Gasteiger partial charge < -0.3 is 29.0 Å². The Morgan fingerprint density at radius 3 is 2.00 bits per heavy atom. The quantitative estimate of drug-likeness (QED) is 0.260. The predicted molar refractivity (Wildman–Crippen MR) is 165 cm³/mol. The number of nitrogens with zero attached hydrogens (tertiary/aromatic N) is 2. The highest BCUT2D eigenvalue weighted by Gasteiger charge is 2.68. The third-order valence-electron chi connectivity index (χ3n) is 8.94. The second kappa shape index (κ2) is 12.3. The Balaban J connectivity index is 1.50. The lowest BCUT2D eigenvalue weighted by Crippen LogP contribution is -2.55. The minimum atomic E-state index is -5.29. The van der Waals surface area contributed by atoms with Gasteiger partial charge in [0, 0.05) is 11.8 Å². The maximum atomic E-state index is 13.9. The molecule has 2 aliphatic heterocycles. The van der Waals surface area contributed by atoms with Crippen molar-refractivity contribution in [2.45, 2.75) is 42.7 Å². The number of hydrogen-bond donors (Lipinski definition) is 2. The van der Waals surface area contributed by atoms with E-state index in [0.717, 1.165) is 10.8 Å². The molecule has 1 amide bonds. The Bertz CT molecular complexity index is 1860. The van der Waals surface area contributed by atoms with Gasteiger partial charge in [-0.15, -0.1) is 0 Å². The number of aliphatic hydroxyl groups excluding tert-OH is 1. The number of carbonyl (C=O) groups excluding carboxylic acids is 1. The molecule has 0 saturated carbocycles. The number of carbonyl (C=O) groups is 1. The first-order valence-electron chi connectivity index (χ1n) is 14.9.